The minimum Gasteiger partial charge on any atom is -0.338 e. The first-order chi connectivity index (χ1) is 11.0. The number of carbonyl (C=O) groups excluding carboxylic acids is 1. The number of benzene rings is 1. The average Bonchev–Trinajstić information content (AvgIpc) is 3.03. The molecule has 23 heavy (non-hydrogen) atoms. The van der Waals surface area contributed by atoms with Crippen molar-refractivity contribution in [2.24, 2.45) is 0 Å². The maximum absolute atomic E-state index is 13.3. The van der Waals surface area contributed by atoms with Crippen molar-refractivity contribution in [3.8, 4) is 0 Å². The van der Waals surface area contributed by atoms with Crippen LogP contribution in [0, 0.1) is 5.82 Å². The standard InChI is InChI=1S/C19H29FN2O/c1-4-21(13-16-8-7-9-17(20)12-16)19(23)14-22(15(2)3)18-10-5-6-11-18/h7-9,12,15,18H,4-6,10-11,13-14H2,1-3H3. The second kappa shape index (κ2) is 8.44. The van der Waals surface area contributed by atoms with Crippen LogP contribution in [0.5, 0.6) is 0 Å². The summed E-state index contributed by atoms with van der Waals surface area (Å²) in [5.41, 5.74) is 0.845. The van der Waals surface area contributed by atoms with Crippen molar-refractivity contribution < 1.29 is 9.18 Å². The van der Waals surface area contributed by atoms with Crippen LogP contribution in [-0.4, -0.2) is 40.9 Å². The smallest absolute Gasteiger partial charge is 0.237 e. The maximum Gasteiger partial charge on any atom is 0.237 e. The third-order valence-corrected chi connectivity index (χ3v) is 4.77. The van der Waals surface area contributed by atoms with E-state index in [2.05, 4.69) is 18.7 Å². The minimum atomic E-state index is -0.249. The lowest BCUT2D eigenvalue weighted by atomic mass is 10.1. The van der Waals surface area contributed by atoms with E-state index in [1.165, 1.54) is 37.8 Å². The average molecular weight is 320 g/mol. The van der Waals surface area contributed by atoms with Gasteiger partial charge in [-0.15, -0.1) is 0 Å². The van der Waals surface area contributed by atoms with Crippen LogP contribution in [0.2, 0.25) is 0 Å². The van der Waals surface area contributed by atoms with Crippen molar-refractivity contribution in [2.75, 3.05) is 13.1 Å². The van der Waals surface area contributed by atoms with E-state index in [-0.39, 0.29) is 11.7 Å². The number of halogens is 1. The number of hydrogen-bond acceptors (Lipinski definition) is 2. The Kier molecular flexibility index (Phi) is 6.58. The van der Waals surface area contributed by atoms with Gasteiger partial charge in [-0.1, -0.05) is 25.0 Å². The first kappa shape index (κ1) is 17.9. The van der Waals surface area contributed by atoms with Gasteiger partial charge in [-0.25, -0.2) is 4.39 Å². The van der Waals surface area contributed by atoms with E-state index in [1.807, 2.05) is 17.9 Å². The van der Waals surface area contributed by atoms with Crippen LogP contribution in [0.3, 0.4) is 0 Å². The molecule has 1 aromatic rings. The molecule has 0 bridgehead atoms. The van der Waals surface area contributed by atoms with Crippen LogP contribution in [0.1, 0.15) is 52.0 Å². The summed E-state index contributed by atoms with van der Waals surface area (Å²) in [7, 11) is 0. The molecule has 0 saturated heterocycles. The predicted molar refractivity (Wildman–Crippen MR) is 91.6 cm³/mol. The molecule has 0 spiro atoms. The Hall–Kier alpha value is -1.42. The van der Waals surface area contributed by atoms with Crippen LogP contribution < -0.4 is 0 Å². The van der Waals surface area contributed by atoms with E-state index in [0.717, 1.165) is 5.56 Å². The Labute approximate surface area is 139 Å². The van der Waals surface area contributed by atoms with Crippen LogP contribution in [-0.2, 0) is 11.3 Å². The van der Waals surface area contributed by atoms with Crippen molar-refractivity contribution in [2.45, 2.75) is 65.1 Å². The van der Waals surface area contributed by atoms with Crippen LogP contribution in [0.15, 0.2) is 24.3 Å². The zero-order valence-electron chi connectivity index (χ0n) is 14.6. The number of amides is 1. The predicted octanol–water partition coefficient (Wildman–Crippen LogP) is 3.83. The number of hydrogen-bond donors (Lipinski definition) is 0. The fraction of sp³-hybridized carbons (Fsp3) is 0.632. The van der Waals surface area contributed by atoms with Crippen molar-refractivity contribution in [3.63, 3.8) is 0 Å². The second-order valence-corrected chi connectivity index (χ2v) is 6.74. The van der Waals surface area contributed by atoms with E-state index in [9.17, 15) is 9.18 Å². The lowest BCUT2D eigenvalue weighted by Gasteiger charge is -2.34. The highest BCUT2D eigenvalue weighted by molar-refractivity contribution is 5.78. The molecular weight excluding hydrogens is 291 g/mol. The zero-order chi connectivity index (χ0) is 16.8. The molecule has 3 nitrogen and oxygen atoms in total. The quantitative estimate of drug-likeness (QED) is 0.762. The van der Waals surface area contributed by atoms with E-state index in [4.69, 9.17) is 0 Å². The third kappa shape index (κ3) is 5.03. The molecule has 1 fully saturated rings. The van der Waals surface area contributed by atoms with Gasteiger partial charge in [0.25, 0.3) is 0 Å². The Morgan fingerprint density at radius 3 is 2.57 bits per heavy atom. The van der Waals surface area contributed by atoms with E-state index < -0.39 is 0 Å². The Morgan fingerprint density at radius 2 is 2.00 bits per heavy atom. The first-order valence-electron chi connectivity index (χ1n) is 8.79. The van der Waals surface area contributed by atoms with Gasteiger partial charge in [0.2, 0.25) is 5.91 Å². The normalized spacial score (nSPS) is 15.6. The molecule has 128 valence electrons. The molecule has 1 aliphatic carbocycles. The minimum absolute atomic E-state index is 0.136. The van der Waals surface area contributed by atoms with Gasteiger partial charge in [0.15, 0.2) is 0 Å². The molecule has 0 atom stereocenters. The summed E-state index contributed by atoms with van der Waals surface area (Å²) >= 11 is 0. The van der Waals surface area contributed by atoms with Gasteiger partial charge in [-0.05, 0) is 51.3 Å². The summed E-state index contributed by atoms with van der Waals surface area (Å²) in [6, 6.07) is 7.41. The van der Waals surface area contributed by atoms with E-state index in [1.54, 1.807) is 6.07 Å². The van der Waals surface area contributed by atoms with E-state index in [0.29, 0.717) is 31.7 Å². The van der Waals surface area contributed by atoms with Gasteiger partial charge in [-0.2, -0.15) is 0 Å². The highest BCUT2D eigenvalue weighted by Gasteiger charge is 2.27. The summed E-state index contributed by atoms with van der Waals surface area (Å²) in [5, 5.41) is 0. The molecule has 0 aromatic heterocycles. The molecule has 0 radical (unpaired) electrons. The van der Waals surface area contributed by atoms with Gasteiger partial charge in [0.05, 0.1) is 6.54 Å². The SMILES string of the molecule is CCN(Cc1cccc(F)c1)C(=O)CN(C(C)C)C1CCCC1. The second-order valence-electron chi connectivity index (χ2n) is 6.74. The molecule has 1 aromatic carbocycles. The number of rotatable bonds is 7. The molecule has 0 N–H and O–H groups in total. The summed E-state index contributed by atoms with van der Waals surface area (Å²) in [6.07, 6.45) is 4.93. The third-order valence-electron chi connectivity index (χ3n) is 4.77. The summed E-state index contributed by atoms with van der Waals surface area (Å²) in [4.78, 5) is 16.9. The molecule has 1 saturated carbocycles. The highest BCUT2D eigenvalue weighted by Crippen LogP contribution is 2.25. The number of carbonyl (C=O) groups is 1. The van der Waals surface area contributed by atoms with Crippen molar-refractivity contribution in [1.82, 2.24) is 9.80 Å². The van der Waals surface area contributed by atoms with Gasteiger partial charge >= 0.3 is 0 Å². The highest BCUT2D eigenvalue weighted by atomic mass is 19.1. The molecule has 4 heteroatoms. The maximum atomic E-state index is 13.3. The molecule has 0 heterocycles. The summed E-state index contributed by atoms with van der Waals surface area (Å²) in [5.74, 6) is -0.113. The van der Waals surface area contributed by atoms with Crippen LogP contribution in [0.25, 0.3) is 0 Å². The van der Waals surface area contributed by atoms with Crippen molar-refractivity contribution in [1.29, 1.82) is 0 Å². The summed E-state index contributed by atoms with van der Waals surface area (Å²) in [6.45, 7) is 7.89. The van der Waals surface area contributed by atoms with Crippen molar-refractivity contribution in [3.05, 3.63) is 35.6 Å². The lowest BCUT2D eigenvalue weighted by Crippen LogP contribution is -2.46. The van der Waals surface area contributed by atoms with Gasteiger partial charge in [-0.3, -0.25) is 9.69 Å². The van der Waals surface area contributed by atoms with Gasteiger partial charge in [0, 0.05) is 25.2 Å². The molecular formula is C19H29FN2O. The van der Waals surface area contributed by atoms with Crippen LogP contribution in [0.4, 0.5) is 4.39 Å². The Bertz CT molecular complexity index is 512. The van der Waals surface area contributed by atoms with Gasteiger partial charge in [0.1, 0.15) is 5.82 Å². The van der Waals surface area contributed by atoms with E-state index >= 15 is 0 Å². The van der Waals surface area contributed by atoms with Crippen LogP contribution >= 0.6 is 0 Å². The number of nitrogens with zero attached hydrogens (tertiary/aromatic N) is 2. The molecule has 1 amide bonds. The largest absolute Gasteiger partial charge is 0.338 e. The monoisotopic (exact) mass is 320 g/mol. The zero-order valence-corrected chi connectivity index (χ0v) is 14.6. The van der Waals surface area contributed by atoms with Crippen molar-refractivity contribution >= 4 is 5.91 Å². The Morgan fingerprint density at radius 1 is 1.30 bits per heavy atom. The summed E-state index contributed by atoms with van der Waals surface area (Å²) < 4.78 is 13.3. The molecule has 2 rings (SSSR count). The molecule has 1 aliphatic rings. The first-order valence-corrected chi connectivity index (χ1v) is 8.79. The van der Waals surface area contributed by atoms with Gasteiger partial charge < -0.3 is 4.90 Å². The lowest BCUT2D eigenvalue weighted by molar-refractivity contribution is -0.134. The fourth-order valence-corrected chi connectivity index (χ4v) is 3.46. The molecule has 0 unspecified atom stereocenters. The fourth-order valence-electron chi connectivity index (χ4n) is 3.46. The Balaban J connectivity index is 2.00. The topological polar surface area (TPSA) is 23.6 Å². The number of likely N-dealkylation sites (N-methyl/N-ethyl adjacent to an activating group) is 1. The molecule has 0 aliphatic heterocycles.